The minimum absolute atomic E-state index is 0.286. The van der Waals surface area contributed by atoms with E-state index in [2.05, 4.69) is 0 Å². The molecule has 0 aromatic heterocycles. The Hall–Kier alpha value is -1.16. The molecule has 0 aliphatic heterocycles. The predicted octanol–water partition coefficient (Wildman–Crippen LogP) is 1.16. The fourth-order valence-corrected chi connectivity index (χ4v) is 0.746. The maximum Gasteiger partial charge on any atom is 0.135 e. The number of aliphatic hydroxyl groups excluding tert-OH is 1. The van der Waals surface area contributed by atoms with Crippen LogP contribution in [0.5, 0.6) is 5.75 Å². The van der Waals surface area contributed by atoms with Gasteiger partial charge in [-0.05, 0) is 0 Å². The van der Waals surface area contributed by atoms with E-state index in [9.17, 15) is 8.78 Å². The Labute approximate surface area is 61.7 Å². The molecule has 0 heterocycles. The van der Waals surface area contributed by atoms with Crippen molar-refractivity contribution in [1.82, 2.24) is 0 Å². The Balaban J connectivity index is 3.25. The Morgan fingerprint density at radius 3 is 2.36 bits per heavy atom. The highest BCUT2D eigenvalue weighted by atomic mass is 19.1. The lowest BCUT2D eigenvalue weighted by atomic mass is 10.2. The lowest BCUT2D eigenvalue weighted by Gasteiger charge is -2.01. The van der Waals surface area contributed by atoms with Gasteiger partial charge in [0.2, 0.25) is 0 Å². The van der Waals surface area contributed by atoms with Gasteiger partial charge in [0.25, 0.3) is 0 Å². The van der Waals surface area contributed by atoms with Gasteiger partial charge < -0.3 is 10.2 Å². The first kappa shape index (κ1) is 7.94. The molecule has 0 unspecified atom stereocenters. The van der Waals surface area contributed by atoms with Gasteiger partial charge in [0.05, 0.1) is 12.2 Å². The molecule has 0 bridgehead atoms. The van der Waals surface area contributed by atoms with Gasteiger partial charge in [0.1, 0.15) is 17.4 Å². The molecule has 60 valence electrons. The molecule has 0 saturated carbocycles. The zero-order chi connectivity index (χ0) is 8.43. The minimum atomic E-state index is -0.940. The smallest absolute Gasteiger partial charge is 0.135 e. The van der Waals surface area contributed by atoms with E-state index in [-0.39, 0.29) is 5.56 Å². The van der Waals surface area contributed by atoms with Crippen molar-refractivity contribution in [3.05, 3.63) is 29.3 Å². The standard InChI is InChI=1S/C7H6F2O2/c8-4-1-6(9)5(3-10)7(11)2-4/h1-2,10-11H,3H2. The average Bonchev–Trinajstić information content (AvgIpc) is 1.85. The summed E-state index contributed by atoms with van der Waals surface area (Å²) in [5, 5.41) is 17.3. The minimum Gasteiger partial charge on any atom is -0.507 e. The molecule has 0 amide bonds. The van der Waals surface area contributed by atoms with E-state index >= 15 is 0 Å². The molecular weight excluding hydrogens is 154 g/mol. The van der Waals surface area contributed by atoms with Crippen LogP contribution in [0.4, 0.5) is 8.78 Å². The molecule has 0 spiro atoms. The van der Waals surface area contributed by atoms with E-state index in [1.807, 2.05) is 0 Å². The average molecular weight is 160 g/mol. The summed E-state index contributed by atoms with van der Waals surface area (Å²) in [4.78, 5) is 0. The molecule has 0 fully saturated rings. The summed E-state index contributed by atoms with van der Waals surface area (Å²) in [6, 6.07) is 1.35. The summed E-state index contributed by atoms with van der Waals surface area (Å²) >= 11 is 0. The van der Waals surface area contributed by atoms with Gasteiger partial charge in [-0.1, -0.05) is 0 Å². The lowest BCUT2D eigenvalue weighted by molar-refractivity contribution is 0.268. The quantitative estimate of drug-likeness (QED) is 0.647. The normalized spacial score (nSPS) is 10.1. The van der Waals surface area contributed by atoms with Gasteiger partial charge in [-0.25, -0.2) is 8.78 Å². The third-order valence-corrected chi connectivity index (χ3v) is 1.29. The predicted molar refractivity (Wildman–Crippen MR) is 33.9 cm³/mol. The highest BCUT2D eigenvalue weighted by Gasteiger charge is 2.08. The van der Waals surface area contributed by atoms with E-state index in [1.54, 1.807) is 0 Å². The number of aliphatic hydroxyl groups is 1. The number of hydrogen-bond acceptors (Lipinski definition) is 2. The van der Waals surface area contributed by atoms with E-state index in [0.717, 1.165) is 6.07 Å². The second-order valence-corrected chi connectivity index (χ2v) is 2.04. The van der Waals surface area contributed by atoms with Crippen LogP contribution in [0.15, 0.2) is 12.1 Å². The number of hydrogen-bond donors (Lipinski definition) is 2. The molecule has 11 heavy (non-hydrogen) atoms. The van der Waals surface area contributed by atoms with E-state index < -0.39 is 24.0 Å². The number of aromatic hydroxyl groups is 1. The van der Waals surface area contributed by atoms with Crippen molar-refractivity contribution in [1.29, 1.82) is 0 Å². The van der Waals surface area contributed by atoms with Gasteiger partial charge in [-0.3, -0.25) is 0 Å². The molecule has 0 radical (unpaired) electrons. The molecule has 1 aromatic carbocycles. The van der Waals surface area contributed by atoms with Crippen molar-refractivity contribution in [3.63, 3.8) is 0 Å². The van der Waals surface area contributed by atoms with Crippen LogP contribution >= 0.6 is 0 Å². The number of halogens is 2. The van der Waals surface area contributed by atoms with Crippen LogP contribution in [0.2, 0.25) is 0 Å². The molecule has 4 heteroatoms. The zero-order valence-corrected chi connectivity index (χ0v) is 5.51. The summed E-state index contributed by atoms with van der Waals surface area (Å²) in [5.41, 5.74) is -0.286. The highest BCUT2D eigenvalue weighted by molar-refractivity contribution is 5.33. The van der Waals surface area contributed by atoms with Gasteiger partial charge in [0.15, 0.2) is 0 Å². The summed E-state index contributed by atoms with van der Waals surface area (Å²) < 4.78 is 24.8. The van der Waals surface area contributed by atoms with Crippen LogP contribution < -0.4 is 0 Å². The van der Waals surface area contributed by atoms with Crippen molar-refractivity contribution in [2.75, 3.05) is 0 Å². The summed E-state index contributed by atoms with van der Waals surface area (Å²) in [7, 11) is 0. The summed E-state index contributed by atoms with van der Waals surface area (Å²) in [5.74, 6) is -2.37. The van der Waals surface area contributed by atoms with Crippen LogP contribution in [-0.4, -0.2) is 10.2 Å². The van der Waals surface area contributed by atoms with E-state index in [0.29, 0.717) is 6.07 Å². The Morgan fingerprint density at radius 1 is 1.27 bits per heavy atom. The molecule has 0 saturated heterocycles. The SMILES string of the molecule is OCc1c(O)cc(F)cc1F. The summed E-state index contributed by atoms with van der Waals surface area (Å²) in [6.07, 6.45) is 0. The first-order valence-electron chi connectivity index (χ1n) is 2.93. The maximum atomic E-state index is 12.6. The number of rotatable bonds is 1. The molecule has 0 aliphatic carbocycles. The number of phenols is 1. The zero-order valence-electron chi connectivity index (χ0n) is 5.51. The largest absolute Gasteiger partial charge is 0.507 e. The van der Waals surface area contributed by atoms with Crippen LogP contribution in [-0.2, 0) is 6.61 Å². The van der Waals surface area contributed by atoms with Gasteiger partial charge >= 0.3 is 0 Å². The van der Waals surface area contributed by atoms with E-state index in [4.69, 9.17) is 10.2 Å². The van der Waals surface area contributed by atoms with Crippen molar-refractivity contribution in [2.24, 2.45) is 0 Å². The van der Waals surface area contributed by atoms with Gasteiger partial charge in [0, 0.05) is 12.1 Å². The van der Waals surface area contributed by atoms with Crippen LogP contribution in [0.1, 0.15) is 5.56 Å². The molecular formula is C7H6F2O2. The van der Waals surface area contributed by atoms with Gasteiger partial charge in [-0.15, -0.1) is 0 Å². The highest BCUT2D eigenvalue weighted by Crippen LogP contribution is 2.21. The van der Waals surface area contributed by atoms with Gasteiger partial charge in [-0.2, -0.15) is 0 Å². The molecule has 2 N–H and O–H groups in total. The molecule has 0 aliphatic rings. The monoisotopic (exact) mass is 160 g/mol. The van der Waals surface area contributed by atoms with Crippen LogP contribution in [0.3, 0.4) is 0 Å². The Kier molecular flexibility index (Phi) is 2.05. The van der Waals surface area contributed by atoms with Crippen LogP contribution in [0.25, 0.3) is 0 Å². The van der Waals surface area contributed by atoms with E-state index in [1.165, 1.54) is 0 Å². The topological polar surface area (TPSA) is 40.5 Å². The van der Waals surface area contributed by atoms with Crippen molar-refractivity contribution in [2.45, 2.75) is 6.61 Å². The third-order valence-electron chi connectivity index (χ3n) is 1.29. The maximum absolute atomic E-state index is 12.6. The Bertz CT molecular complexity index is 250. The lowest BCUT2D eigenvalue weighted by Crippen LogP contribution is -1.91. The summed E-state index contributed by atoms with van der Waals surface area (Å²) in [6.45, 7) is -0.641. The van der Waals surface area contributed by atoms with Crippen molar-refractivity contribution in [3.8, 4) is 5.75 Å². The van der Waals surface area contributed by atoms with Crippen molar-refractivity contribution >= 4 is 0 Å². The second-order valence-electron chi connectivity index (χ2n) is 2.04. The molecule has 1 rings (SSSR count). The van der Waals surface area contributed by atoms with Crippen molar-refractivity contribution < 1.29 is 19.0 Å². The fourth-order valence-electron chi connectivity index (χ4n) is 0.746. The van der Waals surface area contributed by atoms with Crippen LogP contribution in [0, 0.1) is 11.6 Å². The molecule has 2 nitrogen and oxygen atoms in total. The number of benzene rings is 1. The third kappa shape index (κ3) is 1.46. The molecule has 1 aromatic rings. The second kappa shape index (κ2) is 2.84. The Morgan fingerprint density at radius 2 is 1.91 bits per heavy atom. The molecule has 0 atom stereocenters. The fraction of sp³-hybridized carbons (Fsp3) is 0.143. The first-order valence-corrected chi connectivity index (χ1v) is 2.93. The first-order chi connectivity index (χ1) is 5.15.